The van der Waals surface area contributed by atoms with Crippen LogP contribution in [0.15, 0.2) is 42.5 Å². The van der Waals surface area contributed by atoms with E-state index in [2.05, 4.69) is 5.32 Å². The molecule has 2 amide bonds. The van der Waals surface area contributed by atoms with Gasteiger partial charge >= 0.3 is 0 Å². The van der Waals surface area contributed by atoms with Crippen molar-refractivity contribution < 1.29 is 9.59 Å². The van der Waals surface area contributed by atoms with Crippen molar-refractivity contribution >= 4 is 23.4 Å². The van der Waals surface area contributed by atoms with Crippen molar-refractivity contribution in [2.75, 3.05) is 6.54 Å². The monoisotopic (exact) mass is 386 g/mol. The summed E-state index contributed by atoms with van der Waals surface area (Å²) in [6.45, 7) is 8.60. The van der Waals surface area contributed by atoms with E-state index in [1.165, 1.54) is 5.56 Å². The van der Waals surface area contributed by atoms with Gasteiger partial charge in [-0.15, -0.1) is 0 Å². The number of benzene rings is 2. The van der Waals surface area contributed by atoms with Crippen LogP contribution in [0.1, 0.15) is 36.1 Å². The van der Waals surface area contributed by atoms with Crippen LogP contribution in [-0.2, 0) is 22.6 Å². The van der Waals surface area contributed by atoms with Gasteiger partial charge in [-0.1, -0.05) is 41.9 Å². The van der Waals surface area contributed by atoms with Crippen LogP contribution in [0.3, 0.4) is 0 Å². The van der Waals surface area contributed by atoms with Gasteiger partial charge < -0.3 is 10.2 Å². The molecule has 2 aromatic rings. The van der Waals surface area contributed by atoms with Crippen molar-refractivity contribution in [2.45, 2.75) is 46.7 Å². The van der Waals surface area contributed by atoms with Crippen LogP contribution in [0.2, 0.25) is 5.02 Å². The summed E-state index contributed by atoms with van der Waals surface area (Å²) in [7, 11) is 0. The Balaban J connectivity index is 2.23. The summed E-state index contributed by atoms with van der Waals surface area (Å²) in [5, 5.41) is 3.44. The molecule has 5 heteroatoms. The van der Waals surface area contributed by atoms with E-state index in [9.17, 15) is 9.59 Å². The second-order valence-corrected chi connectivity index (χ2v) is 7.25. The Morgan fingerprint density at radius 1 is 1.04 bits per heavy atom. The van der Waals surface area contributed by atoms with Gasteiger partial charge in [-0.3, -0.25) is 9.59 Å². The standard InChI is InChI=1S/C22H27ClN2O2/c1-5-24-22(27)17(4)25(14-18-8-10-20(23)11-9-18)21(26)13-19-7-6-15(2)16(3)12-19/h6-12,17H,5,13-14H2,1-4H3,(H,24,27). The molecule has 1 N–H and O–H groups in total. The van der Waals surface area contributed by atoms with E-state index < -0.39 is 6.04 Å². The number of rotatable bonds is 7. The largest absolute Gasteiger partial charge is 0.355 e. The summed E-state index contributed by atoms with van der Waals surface area (Å²) in [6.07, 6.45) is 0.262. The third kappa shape index (κ3) is 5.83. The van der Waals surface area contributed by atoms with E-state index in [4.69, 9.17) is 11.6 Å². The van der Waals surface area contributed by atoms with E-state index in [0.29, 0.717) is 18.1 Å². The lowest BCUT2D eigenvalue weighted by atomic mass is 10.0. The summed E-state index contributed by atoms with van der Waals surface area (Å²) in [6, 6.07) is 12.8. The predicted octanol–water partition coefficient (Wildman–Crippen LogP) is 4.05. The number of amides is 2. The Morgan fingerprint density at radius 2 is 1.67 bits per heavy atom. The summed E-state index contributed by atoms with van der Waals surface area (Å²) >= 11 is 5.96. The Bertz CT molecular complexity index is 802. The number of carbonyl (C=O) groups is 2. The van der Waals surface area contributed by atoms with Crippen LogP contribution in [-0.4, -0.2) is 29.3 Å². The zero-order valence-corrected chi connectivity index (χ0v) is 17.1. The van der Waals surface area contributed by atoms with E-state index in [1.807, 2.05) is 51.1 Å². The molecule has 144 valence electrons. The van der Waals surface area contributed by atoms with Crippen LogP contribution in [0, 0.1) is 13.8 Å². The van der Waals surface area contributed by atoms with Crippen LogP contribution in [0.25, 0.3) is 0 Å². The SMILES string of the molecule is CCNC(=O)C(C)N(Cc1ccc(Cl)cc1)C(=O)Cc1ccc(C)c(C)c1. The third-order valence-corrected chi connectivity index (χ3v) is 4.96. The maximum atomic E-state index is 13.1. The first-order valence-corrected chi connectivity index (χ1v) is 9.57. The summed E-state index contributed by atoms with van der Waals surface area (Å²) < 4.78 is 0. The average Bonchev–Trinajstić information content (AvgIpc) is 2.64. The molecule has 0 aliphatic heterocycles. The van der Waals surface area contributed by atoms with Crippen molar-refractivity contribution in [2.24, 2.45) is 0 Å². The molecule has 0 spiro atoms. The summed E-state index contributed by atoms with van der Waals surface area (Å²) in [5.74, 6) is -0.230. The minimum Gasteiger partial charge on any atom is -0.355 e. The van der Waals surface area contributed by atoms with Crippen LogP contribution in [0.5, 0.6) is 0 Å². The highest BCUT2D eigenvalue weighted by atomic mass is 35.5. The fourth-order valence-corrected chi connectivity index (χ4v) is 3.01. The molecule has 0 saturated carbocycles. The molecule has 2 aromatic carbocycles. The van der Waals surface area contributed by atoms with Crippen molar-refractivity contribution in [1.82, 2.24) is 10.2 Å². The molecule has 4 nitrogen and oxygen atoms in total. The van der Waals surface area contributed by atoms with Gasteiger partial charge in [-0.25, -0.2) is 0 Å². The number of likely N-dealkylation sites (N-methyl/N-ethyl adjacent to an activating group) is 1. The third-order valence-electron chi connectivity index (χ3n) is 4.71. The van der Waals surface area contributed by atoms with Gasteiger partial charge in [0.2, 0.25) is 11.8 Å². The number of halogens is 1. The van der Waals surface area contributed by atoms with Gasteiger partial charge in [-0.2, -0.15) is 0 Å². The zero-order chi connectivity index (χ0) is 20.0. The Morgan fingerprint density at radius 3 is 2.26 bits per heavy atom. The van der Waals surface area contributed by atoms with E-state index in [-0.39, 0.29) is 18.2 Å². The van der Waals surface area contributed by atoms with Gasteiger partial charge in [0.25, 0.3) is 0 Å². The molecule has 0 radical (unpaired) electrons. The highest BCUT2D eigenvalue weighted by Gasteiger charge is 2.25. The Kier molecular flexibility index (Phi) is 7.43. The zero-order valence-electron chi connectivity index (χ0n) is 16.4. The number of carbonyl (C=O) groups excluding carboxylic acids is 2. The second kappa shape index (κ2) is 9.56. The first kappa shape index (κ1) is 21.0. The number of hydrogen-bond donors (Lipinski definition) is 1. The highest BCUT2D eigenvalue weighted by molar-refractivity contribution is 6.30. The number of aryl methyl sites for hydroxylation is 2. The minimum atomic E-state index is -0.556. The lowest BCUT2D eigenvalue weighted by Crippen LogP contribution is -2.48. The van der Waals surface area contributed by atoms with Gasteiger partial charge in [0.1, 0.15) is 6.04 Å². The number of nitrogens with zero attached hydrogens (tertiary/aromatic N) is 1. The van der Waals surface area contributed by atoms with Gasteiger partial charge in [-0.05, 0) is 62.1 Å². The van der Waals surface area contributed by atoms with Gasteiger partial charge in [0.05, 0.1) is 6.42 Å². The maximum Gasteiger partial charge on any atom is 0.242 e. The van der Waals surface area contributed by atoms with E-state index in [0.717, 1.165) is 16.7 Å². The molecule has 0 aromatic heterocycles. The molecule has 1 atom stereocenters. The molecule has 27 heavy (non-hydrogen) atoms. The molecular formula is C22H27ClN2O2. The van der Waals surface area contributed by atoms with Crippen molar-refractivity contribution in [1.29, 1.82) is 0 Å². The summed E-state index contributed by atoms with van der Waals surface area (Å²) in [4.78, 5) is 27.0. The fourth-order valence-electron chi connectivity index (χ4n) is 2.88. The molecule has 0 bridgehead atoms. The highest BCUT2D eigenvalue weighted by Crippen LogP contribution is 2.16. The van der Waals surface area contributed by atoms with Crippen molar-refractivity contribution in [3.05, 3.63) is 69.7 Å². The first-order chi connectivity index (χ1) is 12.8. The van der Waals surface area contributed by atoms with E-state index in [1.54, 1.807) is 24.0 Å². The first-order valence-electron chi connectivity index (χ1n) is 9.19. The van der Waals surface area contributed by atoms with Crippen LogP contribution >= 0.6 is 11.6 Å². The molecule has 0 saturated heterocycles. The fraction of sp³-hybridized carbons (Fsp3) is 0.364. The van der Waals surface area contributed by atoms with Crippen LogP contribution < -0.4 is 5.32 Å². The maximum absolute atomic E-state index is 13.1. The minimum absolute atomic E-state index is 0.0769. The molecule has 0 heterocycles. The van der Waals surface area contributed by atoms with Crippen LogP contribution in [0.4, 0.5) is 0 Å². The summed E-state index contributed by atoms with van der Waals surface area (Å²) in [5.41, 5.74) is 4.23. The quantitative estimate of drug-likeness (QED) is 0.780. The average molecular weight is 387 g/mol. The number of nitrogens with one attached hydrogen (secondary N) is 1. The normalized spacial score (nSPS) is 11.7. The number of hydrogen-bond acceptors (Lipinski definition) is 2. The Labute approximate surface area is 166 Å². The van der Waals surface area contributed by atoms with Crippen molar-refractivity contribution in [3.63, 3.8) is 0 Å². The lowest BCUT2D eigenvalue weighted by Gasteiger charge is -2.29. The van der Waals surface area contributed by atoms with Gasteiger partial charge in [0, 0.05) is 18.1 Å². The van der Waals surface area contributed by atoms with E-state index >= 15 is 0 Å². The predicted molar refractivity (Wildman–Crippen MR) is 110 cm³/mol. The molecule has 2 rings (SSSR count). The molecule has 0 aliphatic rings. The van der Waals surface area contributed by atoms with Gasteiger partial charge in [0.15, 0.2) is 0 Å². The molecule has 0 aliphatic carbocycles. The smallest absolute Gasteiger partial charge is 0.242 e. The topological polar surface area (TPSA) is 49.4 Å². The lowest BCUT2D eigenvalue weighted by molar-refractivity contribution is -0.140. The second-order valence-electron chi connectivity index (χ2n) is 6.81. The van der Waals surface area contributed by atoms with Crippen molar-refractivity contribution in [3.8, 4) is 0 Å². The molecule has 0 fully saturated rings. The molecular weight excluding hydrogens is 360 g/mol. The Hall–Kier alpha value is -2.33. The molecule has 1 unspecified atom stereocenters.